The van der Waals surface area contributed by atoms with E-state index in [-0.39, 0.29) is 13.2 Å². The van der Waals surface area contributed by atoms with Crippen LogP contribution in [0.15, 0.2) is 48.5 Å². The molecule has 0 unspecified atom stereocenters. The number of imide groups is 1. The Morgan fingerprint density at radius 2 is 1.56 bits per heavy atom. The zero-order valence-corrected chi connectivity index (χ0v) is 15.2. The maximum atomic E-state index is 11.7. The van der Waals surface area contributed by atoms with Crippen molar-refractivity contribution in [2.24, 2.45) is 0 Å². The SMILES string of the molecule is Cc1ccccc1OCC(=O)NNC(=O)NC(=O)COc1ccc(Cl)cc1. The molecule has 0 aromatic heterocycles. The summed E-state index contributed by atoms with van der Waals surface area (Å²) in [6.07, 6.45) is 0. The van der Waals surface area contributed by atoms with Crippen molar-refractivity contribution in [3.05, 3.63) is 59.1 Å². The number of benzene rings is 2. The Morgan fingerprint density at radius 3 is 2.26 bits per heavy atom. The molecule has 4 amide bonds. The van der Waals surface area contributed by atoms with Gasteiger partial charge in [-0.3, -0.25) is 20.3 Å². The molecule has 0 atom stereocenters. The van der Waals surface area contributed by atoms with Crippen LogP contribution in [0.2, 0.25) is 5.02 Å². The largest absolute Gasteiger partial charge is 0.484 e. The Labute approximate surface area is 160 Å². The number of carbonyl (C=O) groups excluding carboxylic acids is 3. The van der Waals surface area contributed by atoms with Crippen LogP contribution in [-0.4, -0.2) is 31.1 Å². The molecule has 9 heteroatoms. The number of urea groups is 1. The second kappa shape index (κ2) is 10.0. The highest BCUT2D eigenvalue weighted by molar-refractivity contribution is 6.30. The first kappa shape index (κ1) is 20.1. The van der Waals surface area contributed by atoms with Crippen molar-refractivity contribution in [2.45, 2.75) is 6.92 Å². The molecule has 2 rings (SSSR count). The van der Waals surface area contributed by atoms with Crippen molar-refractivity contribution < 1.29 is 23.9 Å². The van der Waals surface area contributed by atoms with E-state index in [4.69, 9.17) is 21.1 Å². The molecule has 0 spiro atoms. The second-order valence-electron chi connectivity index (χ2n) is 5.35. The number of aryl methyl sites for hydroxylation is 1. The Balaban J connectivity index is 1.64. The number of hydrazine groups is 1. The monoisotopic (exact) mass is 391 g/mol. The van der Waals surface area contributed by atoms with Crippen LogP contribution in [0.5, 0.6) is 11.5 Å². The smallest absolute Gasteiger partial charge is 0.340 e. The zero-order valence-electron chi connectivity index (χ0n) is 14.5. The Kier molecular flexibility index (Phi) is 7.45. The number of ether oxygens (including phenoxy) is 2. The highest BCUT2D eigenvalue weighted by atomic mass is 35.5. The van der Waals surface area contributed by atoms with Crippen molar-refractivity contribution in [2.75, 3.05) is 13.2 Å². The van der Waals surface area contributed by atoms with Gasteiger partial charge >= 0.3 is 6.03 Å². The fraction of sp³-hybridized carbons (Fsp3) is 0.167. The number of rotatable bonds is 6. The summed E-state index contributed by atoms with van der Waals surface area (Å²) in [4.78, 5) is 34.9. The van der Waals surface area contributed by atoms with Gasteiger partial charge in [0.05, 0.1) is 0 Å². The summed E-state index contributed by atoms with van der Waals surface area (Å²) in [5.74, 6) is -0.283. The van der Waals surface area contributed by atoms with Crippen LogP contribution in [0.4, 0.5) is 4.79 Å². The van der Waals surface area contributed by atoms with E-state index in [2.05, 4.69) is 5.43 Å². The van der Waals surface area contributed by atoms with E-state index >= 15 is 0 Å². The Morgan fingerprint density at radius 1 is 0.889 bits per heavy atom. The van der Waals surface area contributed by atoms with Crippen molar-refractivity contribution in [1.82, 2.24) is 16.2 Å². The lowest BCUT2D eigenvalue weighted by Crippen LogP contribution is -2.50. The van der Waals surface area contributed by atoms with E-state index in [9.17, 15) is 14.4 Å². The quantitative estimate of drug-likeness (QED) is 0.653. The molecule has 0 saturated carbocycles. The molecule has 0 bridgehead atoms. The summed E-state index contributed by atoms with van der Waals surface area (Å²) in [5.41, 5.74) is 5.05. The molecule has 0 radical (unpaired) electrons. The third-order valence-electron chi connectivity index (χ3n) is 3.20. The van der Waals surface area contributed by atoms with Gasteiger partial charge in [-0.2, -0.15) is 0 Å². The van der Waals surface area contributed by atoms with Crippen LogP contribution in [0, 0.1) is 6.92 Å². The normalized spacial score (nSPS) is 9.85. The fourth-order valence-corrected chi connectivity index (χ4v) is 2.02. The summed E-state index contributed by atoms with van der Waals surface area (Å²) >= 11 is 5.74. The Bertz CT molecular complexity index is 811. The first-order chi connectivity index (χ1) is 12.9. The number of carbonyl (C=O) groups is 3. The van der Waals surface area contributed by atoms with Crippen molar-refractivity contribution in [1.29, 1.82) is 0 Å². The third-order valence-corrected chi connectivity index (χ3v) is 3.46. The average Bonchev–Trinajstić information content (AvgIpc) is 2.65. The van der Waals surface area contributed by atoms with E-state index in [1.165, 1.54) is 0 Å². The number of halogens is 1. The lowest BCUT2D eigenvalue weighted by molar-refractivity contribution is -0.124. The van der Waals surface area contributed by atoms with Gasteiger partial charge in [-0.1, -0.05) is 29.8 Å². The Hall–Kier alpha value is -3.26. The zero-order chi connectivity index (χ0) is 19.6. The first-order valence-corrected chi connectivity index (χ1v) is 8.27. The van der Waals surface area contributed by atoms with E-state index in [0.717, 1.165) is 5.56 Å². The number of para-hydroxylation sites is 1. The molecule has 0 fully saturated rings. The van der Waals surface area contributed by atoms with Gasteiger partial charge in [0.25, 0.3) is 11.8 Å². The summed E-state index contributed by atoms with van der Waals surface area (Å²) in [5, 5.41) is 2.54. The third kappa shape index (κ3) is 7.25. The number of nitrogens with one attached hydrogen (secondary N) is 3. The van der Waals surface area contributed by atoms with Gasteiger partial charge in [0, 0.05) is 5.02 Å². The molecule has 0 aliphatic rings. The molecular weight excluding hydrogens is 374 g/mol. The molecule has 27 heavy (non-hydrogen) atoms. The standard InChI is InChI=1S/C18H18ClN3O5/c1-12-4-2-3-5-15(12)27-11-17(24)21-22-18(25)20-16(23)10-26-14-8-6-13(19)7-9-14/h2-9H,10-11H2,1H3,(H,21,24)(H2,20,22,23,25). The van der Waals surface area contributed by atoms with E-state index in [1.807, 2.05) is 29.8 Å². The van der Waals surface area contributed by atoms with Crippen molar-refractivity contribution in [3.8, 4) is 11.5 Å². The highest BCUT2D eigenvalue weighted by Crippen LogP contribution is 2.16. The van der Waals surface area contributed by atoms with Crippen LogP contribution >= 0.6 is 11.6 Å². The molecule has 0 aliphatic carbocycles. The predicted molar refractivity (Wildman–Crippen MR) is 98.4 cm³/mol. The minimum atomic E-state index is -0.899. The minimum absolute atomic E-state index is 0.293. The maximum Gasteiger partial charge on any atom is 0.340 e. The molecule has 3 N–H and O–H groups in total. The molecule has 0 heterocycles. The molecule has 0 saturated heterocycles. The number of amides is 4. The van der Waals surface area contributed by atoms with Crippen LogP contribution in [0.3, 0.4) is 0 Å². The number of hydrogen-bond donors (Lipinski definition) is 3. The molecule has 0 aliphatic heterocycles. The van der Waals surface area contributed by atoms with Gasteiger partial charge in [0.15, 0.2) is 13.2 Å². The molecule has 142 valence electrons. The van der Waals surface area contributed by atoms with Crippen molar-refractivity contribution >= 4 is 29.4 Å². The molecule has 2 aromatic carbocycles. The average molecular weight is 392 g/mol. The second-order valence-corrected chi connectivity index (χ2v) is 5.78. The van der Waals surface area contributed by atoms with Gasteiger partial charge < -0.3 is 9.47 Å². The molecular formula is C18H18ClN3O5. The van der Waals surface area contributed by atoms with Gasteiger partial charge in [-0.05, 0) is 42.8 Å². The summed E-state index contributed by atoms with van der Waals surface area (Å²) < 4.78 is 10.5. The van der Waals surface area contributed by atoms with Gasteiger partial charge in [0.2, 0.25) is 0 Å². The maximum absolute atomic E-state index is 11.7. The van der Waals surface area contributed by atoms with Crippen LogP contribution < -0.4 is 25.6 Å². The lowest BCUT2D eigenvalue weighted by Gasteiger charge is -2.11. The van der Waals surface area contributed by atoms with E-state index < -0.39 is 17.8 Å². The van der Waals surface area contributed by atoms with E-state index in [0.29, 0.717) is 16.5 Å². The summed E-state index contributed by atoms with van der Waals surface area (Å²) in [6.45, 7) is 1.18. The highest BCUT2D eigenvalue weighted by Gasteiger charge is 2.10. The fourth-order valence-electron chi connectivity index (χ4n) is 1.90. The van der Waals surface area contributed by atoms with Gasteiger partial charge in [-0.25, -0.2) is 10.2 Å². The van der Waals surface area contributed by atoms with E-state index in [1.54, 1.807) is 36.4 Å². The summed E-state index contributed by atoms with van der Waals surface area (Å²) in [7, 11) is 0. The van der Waals surface area contributed by atoms with Crippen LogP contribution in [0.25, 0.3) is 0 Å². The predicted octanol–water partition coefficient (Wildman–Crippen LogP) is 1.96. The van der Waals surface area contributed by atoms with Crippen molar-refractivity contribution in [3.63, 3.8) is 0 Å². The topological polar surface area (TPSA) is 106 Å². The first-order valence-electron chi connectivity index (χ1n) is 7.89. The van der Waals surface area contributed by atoms with Gasteiger partial charge in [0.1, 0.15) is 11.5 Å². The van der Waals surface area contributed by atoms with Crippen LogP contribution in [0.1, 0.15) is 5.56 Å². The molecule has 2 aromatic rings. The van der Waals surface area contributed by atoms with Gasteiger partial charge in [-0.15, -0.1) is 0 Å². The lowest BCUT2D eigenvalue weighted by atomic mass is 10.2. The van der Waals surface area contributed by atoms with Crippen LogP contribution in [-0.2, 0) is 9.59 Å². The minimum Gasteiger partial charge on any atom is -0.484 e. The molecule has 8 nitrogen and oxygen atoms in total. The number of hydrogen-bond acceptors (Lipinski definition) is 5. The summed E-state index contributed by atoms with van der Waals surface area (Å²) in [6, 6.07) is 12.7.